The summed E-state index contributed by atoms with van der Waals surface area (Å²) < 4.78 is 5.80. The molecule has 1 aromatic heterocycles. The molecule has 19 heavy (non-hydrogen) atoms. The van der Waals surface area contributed by atoms with Gasteiger partial charge < -0.3 is 15.6 Å². The van der Waals surface area contributed by atoms with Crippen molar-refractivity contribution >= 4 is 16.6 Å². The molecule has 0 radical (unpaired) electrons. The van der Waals surface area contributed by atoms with E-state index in [1.807, 2.05) is 24.3 Å². The van der Waals surface area contributed by atoms with E-state index >= 15 is 0 Å². The molecular weight excluding hydrogens is 240 g/mol. The Morgan fingerprint density at radius 2 is 1.95 bits per heavy atom. The first-order valence-corrected chi connectivity index (χ1v) is 6.70. The van der Waals surface area contributed by atoms with Crippen LogP contribution in [0.2, 0.25) is 0 Å². The molecule has 0 bridgehead atoms. The van der Waals surface area contributed by atoms with E-state index in [2.05, 4.69) is 4.98 Å². The van der Waals surface area contributed by atoms with Crippen LogP contribution in [0.25, 0.3) is 10.9 Å². The summed E-state index contributed by atoms with van der Waals surface area (Å²) in [6.07, 6.45) is 5.72. The molecule has 0 fully saturated rings. The van der Waals surface area contributed by atoms with Crippen LogP contribution in [-0.2, 0) is 0 Å². The highest BCUT2D eigenvalue weighted by Crippen LogP contribution is 2.28. The molecule has 2 rings (SSSR count). The zero-order valence-electron chi connectivity index (χ0n) is 11.0. The van der Waals surface area contributed by atoms with Crippen LogP contribution in [0.15, 0.2) is 30.5 Å². The molecular formula is C15H20N2O2. The molecule has 4 heteroatoms. The first kappa shape index (κ1) is 13.6. The Hall–Kier alpha value is -1.81. The third kappa shape index (κ3) is 3.58. The van der Waals surface area contributed by atoms with Gasteiger partial charge >= 0.3 is 0 Å². The fourth-order valence-corrected chi connectivity index (χ4v) is 2.04. The molecule has 0 unspecified atom stereocenters. The molecule has 0 saturated heterocycles. The highest BCUT2D eigenvalue weighted by Gasteiger charge is 2.05. The number of aliphatic hydroxyl groups excluding tert-OH is 1. The molecule has 102 valence electrons. The summed E-state index contributed by atoms with van der Waals surface area (Å²) in [4.78, 5) is 4.28. The lowest BCUT2D eigenvalue weighted by Crippen LogP contribution is -1.99. The van der Waals surface area contributed by atoms with E-state index in [0.29, 0.717) is 12.3 Å². The number of nitrogens with zero attached hydrogens (tertiary/aromatic N) is 1. The summed E-state index contributed by atoms with van der Waals surface area (Å²) in [6.45, 7) is 0.953. The number of hydrogen-bond donors (Lipinski definition) is 2. The van der Waals surface area contributed by atoms with Gasteiger partial charge in [0.15, 0.2) is 0 Å². The van der Waals surface area contributed by atoms with Crippen molar-refractivity contribution in [1.29, 1.82) is 0 Å². The molecule has 1 aromatic carbocycles. The van der Waals surface area contributed by atoms with Gasteiger partial charge in [-0.05, 0) is 43.5 Å². The van der Waals surface area contributed by atoms with Gasteiger partial charge in [0.25, 0.3) is 0 Å². The van der Waals surface area contributed by atoms with Crippen LogP contribution in [0.1, 0.15) is 25.7 Å². The molecule has 0 aliphatic rings. The molecule has 0 aliphatic heterocycles. The minimum absolute atomic E-state index is 0.273. The van der Waals surface area contributed by atoms with Crippen molar-refractivity contribution in [3.05, 3.63) is 30.5 Å². The van der Waals surface area contributed by atoms with Crippen molar-refractivity contribution in [2.45, 2.75) is 25.7 Å². The number of unbranched alkanes of at least 4 members (excludes halogenated alkanes) is 3. The zero-order chi connectivity index (χ0) is 13.5. The van der Waals surface area contributed by atoms with Crippen LogP contribution in [0, 0.1) is 0 Å². The number of fused-ring (bicyclic) bond motifs is 1. The summed E-state index contributed by atoms with van der Waals surface area (Å²) in [6, 6.07) is 7.58. The molecule has 0 atom stereocenters. The van der Waals surface area contributed by atoms with Crippen LogP contribution in [0.5, 0.6) is 5.75 Å². The van der Waals surface area contributed by atoms with Crippen LogP contribution in [0.4, 0.5) is 5.69 Å². The minimum Gasteiger partial charge on any atom is -0.493 e. The van der Waals surface area contributed by atoms with Crippen LogP contribution >= 0.6 is 0 Å². The van der Waals surface area contributed by atoms with Gasteiger partial charge in [0.05, 0.1) is 17.8 Å². The smallest absolute Gasteiger partial charge is 0.128 e. The van der Waals surface area contributed by atoms with E-state index in [1.165, 1.54) is 0 Å². The third-order valence-electron chi connectivity index (χ3n) is 3.07. The van der Waals surface area contributed by atoms with Crippen molar-refractivity contribution < 1.29 is 9.84 Å². The highest BCUT2D eigenvalue weighted by molar-refractivity contribution is 5.93. The molecule has 0 aliphatic carbocycles. The second kappa shape index (κ2) is 6.95. The van der Waals surface area contributed by atoms with Crippen molar-refractivity contribution in [2.75, 3.05) is 18.9 Å². The number of aliphatic hydroxyl groups is 1. The lowest BCUT2D eigenvalue weighted by Gasteiger charge is -2.10. The number of nitrogens with two attached hydrogens (primary N) is 1. The number of hydrogen-bond acceptors (Lipinski definition) is 4. The Morgan fingerprint density at radius 3 is 2.79 bits per heavy atom. The maximum absolute atomic E-state index is 8.70. The lowest BCUT2D eigenvalue weighted by atomic mass is 10.1. The predicted molar refractivity (Wildman–Crippen MR) is 77.2 cm³/mol. The standard InChI is InChI=1S/C15H20N2O2/c16-13-7-8-14(12-6-5-9-17-15(12)13)19-11-4-2-1-3-10-18/h5-9,18H,1-4,10-11,16H2. The van der Waals surface area contributed by atoms with E-state index in [4.69, 9.17) is 15.6 Å². The Labute approximate surface area is 113 Å². The van der Waals surface area contributed by atoms with Gasteiger partial charge in [-0.3, -0.25) is 4.98 Å². The largest absolute Gasteiger partial charge is 0.493 e. The van der Waals surface area contributed by atoms with Gasteiger partial charge in [-0.2, -0.15) is 0 Å². The van der Waals surface area contributed by atoms with Crippen LogP contribution in [0.3, 0.4) is 0 Å². The number of rotatable bonds is 7. The first-order valence-electron chi connectivity index (χ1n) is 6.70. The van der Waals surface area contributed by atoms with Crippen molar-refractivity contribution in [2.24, 2.45) is 0 Å². The van der Waals surface area contributed by atoms with Crippen LogP contribution in [-0.4, -0.2) is 23.3 Å². The predicted octanol–water partition coefficient (Wildman–Crippen LogP) is 2.75. The monoisotopic (exact) mass is 260 g/mol. The van der Waals surface area contributed by atoms with Gasteiger partial charge in [-0.25, -0.2) is 0 Å². The lowest BCUT2D eigenvalue weighted by molar-refractivity contribution is 0.274. The fourth-order valence-electron chi connectivity index (χ4n) is 2.04. The minimum atomic E-state index is 0.273. The van der Waals surface area contributed by atoms with E-state index < -0.39 is 0 Å². The number of ether oxygens (including phenoxy) is 1. The molecule has 3 N–H and O–H groups in total. The quantitative estimate of drug-likeness (QED) is 0.593. The van der Waals surface area contributed by atoms with E-state index in [0.717, 1.165) is 42.3 Å². The highest BCUT2D eigenvalue weighted by atomic mass is 16.5. The second-order valence-electron chi connectivity index (χ2n) is 4.54. The number of anilines is 1. The number of pyridine rings is 1. The summed E-state index contributed by atoms with van der Waals surface area (Å²) in [7, 11) is 0. The average molecular weight is 260 g/mol. The SMILES string of the molecule is Nc1ccc(OCCCCCCO)c2cccnc12. The van der Waals surface area contributed by atoms with Crippen molar-refractivity contribution in [3.63, 3.8) is 0 Å². The Bertz CT molecular complexity index is 529. The zero-order valence-corrected chi connectivity index (χ0v) is 11.0. The van der Waals surface area contributed by atoms with Gasteiger partial charge in [-0.1, -0.05) is 6.42 Å². The fraction of sp³-hybridized carbons (Fsp3) is 0.400. The second-order valence-corrected chi connectivity index (χ2v) is 4.54. The van der Waals surface area contributed by atoms with Crippen LogP contribution < -0.4 is 10.5 Å². The molecule has 1 heterocycles. The molecule has 4 nitrogen and oxygen atoms in total. The first-order chi connectivity index (χ1) is 9.33. The number of benzene rings is 1. The molecule has 0 amide bonds. The summed E-state index contributed by atoms with van der Waals surface area (Å²) in [5.41, 5.74) is 7.36. The van der Waals surface area contributed by atoms with Crippen molar-refractivity contribution in [3.8, 4) is 5.75 Å². The van der Waals surface area contributed by atoms with Gasteiger partial charge in [0.2, 0.25) is 0 Å². The van der Waals surface area contributed by atoms with Gasteiger partial charge in [0, 0.05) is 18.2 Å². The normalized spacial score (nSPS) is 10.8. The summed E-state index contributed by atoms with van der Waals surface area (Å²) in [5.74, 6) is 0.833. The average Bonchev–Trinajstić information content (AvgIpc) is 2.45. The topological polar surface area (TPSA) is 68.4 Å². The summed E-state index contributed by atoms with van der Waals surface area (Å²) >= 11 is 0. The van der Waals surface area contributed by atoms with E-state index in [1.54, 1.807) is 6.20 Å². The number of nitrogen functional groups attached to an aromatic ring is 1. The summed E-state index contributed by atoms with van der Waals surface area (Å²) in [5, 5.41) is 9.65. The maximum atomic E-state index is 8.70. The van der Waals surface area contributed by atoms with Crippen molar-refractivity contribution in [1.82, 2.24) is 4.98 Å². The molecule has 0 spiro atoms. The third-order valence-corrected chi connectivity index (χ3v) is 3.07. The van der Waals surface area contributed by atoms with E-state index in [9.17, 15) is 0 Å². The Balaban J connectivity index is 1.96. The molecule has 2 aromatic rings. The van der Waals surface area contributed by atoms with E-state index in [-0.39, 0.29) is 6.61 Å². The van der Waals surface area contributed by atoms with Gasteiger partial charge in [-0.15, -0.1) is 0 Å². The Morgan fingerprint density at radius 1 is 1.11 bits per heavy atom. The Kier molecular flexibility index (Phi) is 4.98. The number of aromatic nitrogens is 1. The molecule has 0 saturated carbocycles. The van der Waals surface area contributed by atoms with Gasteiger partial charge in [0.1, 0.15) is 5.75 Å². The maximum Gasteiger partial charge on any atom is 0.128 e.